The Kier molecular flexibility index (Phi) is 5.03. The highest BCUT2D eigenvalue weighted by molar-refractivity contribution is 5.54. The Morgan fingerprint density at radius 2 is 1.41 bits per heavy atom. The predicted octanol–water partition coefficient (Wildman–Crippen LogP) is 1.81. The second-order valence-electron chi connectivity index (χ2n) is 7.17. The summed E-state index contributed by atoms with van der Waals surface area (Å²) in [6.07, 6.45) is 2.65. The van der Waals surface area contributed by atoms with Crippen molar-refractivity contribution >= 4 is 11.6 Å². The zero-order chi connectivity index (χ0) is 18.8. The molecule has 0 bridgehead atoms. The quantitative estimate of drug-likeness (QED) is 0.815. The Balaban J connectivity index is 1.54. The van der Waals surface area contributed by atoms with E-state index in [1.165, 1.54) is 11.1 Å². The van der Waals surface area contributed by atoms with Gasteiger partial charge in [0, 0.05) is 45.3 Å². The highest BCUT2D eigenvalue weighted by Crippen LogP contribution is 2.34. The molecular formula is C20H27N5O2. The summed E-state index contributed by atoms with van der Waals surface area (Å²) in [7, 11) is 5.52. The van der Waals surface area contributed by atoms with Crippen molar-refractivity contribution in [1.29, 1.82) is 0 Å². The molecule has 144 valence electrons. The minimum absolute atomic E-state index is 0.777. The first-order valence-corrected chi connectivity index (χ1v) is 9.42. The lowest BCUT2D eigenvalue weighted by molar-refractivity contribution is 0.312. The molecule has 1 saturated heterocycles. The van der Waals surface area contributed by atoms with Gasteiger partial charge in [0.15, 0.2) is 11.5 Å². The van der Waals surface area contributed by atoms with Gasteiger partial charge in [-0.3, -0.25) is 0 Å². The third-order valence-corrected chi connectivity index (χ3v) is 5.51. The zero-order valence-corrected chi connectivity index (χ0v) is 16.3. The summed E-state index contributed by atoms with van der Waals surface area (Å²) in [6.45, 7) is 5.90. The van der Waals surface area contributed by atoms with Crippen molar-refractivity contribution in [3.63, 3.8) is 0 Å². The number of hydrogen-bond acceptors (Lipinski definition) is 7. The predicted molar refractivity (Wildman–Crippen MR) is 106 cm³/mol. The van der Waals surface area contributed by atoms with Crippen molar-refractivity contribution in [1.82, 2.24) is 14.9 Å². The Hall–Kier alpha value is -2.54. The highest BCUT2D eigenvalue weighted by atomic mass is 16.5. The monoisotopic (exact) mass is 369 g/mol. The summed E-state index contributed by atoms with van der Waals surface area (Å²) in [5.74, 6) is 3.58. The molecule has 7 heteroatoms. The van der Waals surface area contributed by atoms with Crippen LogP contribution < -0.4 is 19.3 Å². The van der Waals surface area contributed by atoms with E-state index >= 15 is 0 Å². The van der Waals surface area contributed by atoms with E-state index in [0.717, 1.165) is 68.8 Å². The molecule has 1 fully saturated rings. The lowest BCUT2D eigenvalue weighted by Gasteiger charge is -2.34. The first kappa shape index (κ1) is 17.9. The molecule has 0 atom stereocenters. The van der Waals surface area contributed by atoms with E-state index in [1.807, 2.05) is 0 Å². The maximum atomic E-state index is 5.47. The zero-order valence-electron chi connectivity index (χ0n) is 16.3. The van der Waals surface area contributed by atoms with Crippen LogP contribution in [0.1, 0.15) is 11.1 Å². The molecule has 0 spiro atoms. The van der Waals surface area contributed by atoms with Crippen LogP contribution >= 0.6 is 0 Å². The molecule has 0 unspecified atom stereocenters. The number of nitrogens with zero attached hydrogens (tertiary/aromatic N) is 5. The second-order valence-corrected chi connectivity index (χ2v) is 7.17. The van der Waals surface area contributed by atoms with E-state index in [4.69, 9.17) is 9.47 Å². The minimum Gasteiger partial charge on any atom is -0.493 e. The Labute approximate surface area is 160 Å². The van der Waals surface area contributed by atoms with Gasteiger partial charge in [0.2, 0.25) is 0 Å². The van der Waals surface area contributed by atoms with E-state index in [-0.39, 0.29) is 0 Å². The molecule has 27 heavy (non-hydrogen) atoms. The van der Waals surface area contributed by atoms with Crippen LogP contribution in [0.25, 0.3) is 0 Å². The molecule has 0 radical (unpaired) electrons. The summed E-state index contributed by atoms with van der Waals surface area (Å²) in [5.41, 5.74) is 2.58. The van der Waals surface area contributed by atoms with Crippen molar-refractivity contribution in [3.05, 3.63) is 35.7 Å². The molecule has 0 aliphatic carbocycles. The standard InChI is InChI=1S/C20H27N5O2/c1-23-6-8-24(9-7-23)19-12-20(22-14-21-19)25-5-4-15-10-17(26-2)18(27-3)11-16(15)13-25/h10-12,14H,4-9,13H2,1-3H3. The number of anilines is 2. The van der Waals surface area contributed by atoms with E-state index in [0.29, 0.717) is 0 Å². The SMILES string of the molecule is COc1cc2c(cc1OC)CN(c1cc(N3CCN(C)CC3)ncn1)CC2. The van der Waals surface area contributed by atoms with Crippen molar-refractivity contribution in [2.75, 3.05) is 63.8 Å². The third kappa shape index (κ3) is 3.64. The summed E-state index contributed by atoms with van der Waals surface area (Å²) >= 11 is 0. The summed E-state index contributed by atoms with van der Waals surface area (Å²) < 4.78 is 10.9. The first-order valence-electron chi connectivity index (χ1n) is 9.42. The molecule has 0 N–H and O–H groups in total. The highest BCUT2D eigenvalue weighted by Gasteiger charge is 2.22. The molecule has 7 nitrogen and oxygen atoms in total. The van der Waals surface area contributed by atoms with Crippen LogP contribution in [0.5, 0.6) is 11.5 Å². The molecule has 0 saturated carbocycles. The Morgan fingerprint density at radius 3 is 2.07 bits per heavy atom. The normalized spacial score (nSPS) is 17.6. The topological polar surface area (TPSA) is 54.0 Å². The Bertz CT molecular complexity index is 805. The van der Waals surface area contributed by atoms with Gasteiger partial charge in [0.1, 0.15) is 18.0 Å². The lowest BCUT2D eigenvalue weighted by Crippen LogP contribution is -2.45. The van der Waals surface area contributed by atoms with Crippen LogP contribution in [0, 0.1) is 0 Å². The van der Waals surface area contributed by atoms with Gasteiger partial charge in [-0.05, 0) is 36.7 Å². The molecule has 2 aliphatic rings. The van der Waals surface area contributed by atoms with Crippen LogP contribution in [0.4, 0.5) is 11.6 Å². The molecule has 4 rings (SSSR count). The van der Waals surface area contributed by atoms with Gasteiger partial charge in [-0.15, -0.1) is 0 Å². The van der Waals surface area contributed by atoms with Crippen LogP contribution in [-0.2, 0) is 13.0 Å². The smallest absolute Gasteiger partial charge is 0.161 e. The van der Waals surface area contributed by atoms with E-state index in [2.05, 4.69) is 49.9 Å². The molecule has 2 aliphatic heterocycles. The number of hydrogen-bond donors (Lipinski definition) is 0. The first-order chi connectivity index (χ1) is 13.2. The van der Waals surface area contributed by atoms with E-state index < -0.39 is 0 Å². The molecule has 2 aromatic rings. The largest absolute Gasteiger partial charge is 0.493 e. The number of piperazine rings is 1. The number of rotatable bonds is 4. The van der Waals surface area contributed by atoms with Crippen LogP contribution in [0.2, 0.25) is 0 Å². The fourth-order valence-corrected chi connectivity index (χ4v) is 3.80. The molecule has 3 heterocycles. The molecular weight excluding hydrogens is 342 g/mol. The molecule has 1 aromatic heterocycles. The molecule has 0 amide bonds. The van der Waals surface area contributed by atoms with E-state index in [1.54, 1.807) is 20.5 Å². The van der Waals surface area contributed by atoms with Gasteiger partial charge in [-0.1, -0.05) is 0 Å². The van der Waals surface area contributed by atoms with Crippen LogP contribution in [-0.4, -0.2) is 68.9 Å². The summed E-state index contributed by atoms with van der Waals surface area (Å²) in [4.78, 5) is 16.1. The van der Waals surface area contributed by atoms with Crippen molar-refractivity contribution in [2.24, 2.45) is 0 Å². The van der Waals surface area contributed by atoms with E-state index in [9.17, 15) is 0 Å². The minimum atomic E-state index is 0.777. The molecule has 1 aromatic carbocycles. The number of benzene rings is 1. The number of ether oxygens (including phenoxy) is 2. The second kappa shape index (κ2) is 7.60. The number of fused-ring (bicyclic) bond motifs is 1. The van der Waals surface area contributed by atoms with Crippen molar-refractivity contribution < 1.29 is 9.47 Å². The fraction of sp³-hybridized carbons (Fsp3) is 0.500. The average molecular weight is 369 g/mol. The van der Waals surface area contributed by atoms with Gasteiger partial charge in [-0.25, -0.2) is 9.97 Å². The fourth-order valence-electron chi connectivity index (χ4n) is 3.80. The summed E-state index contributed by atoms with van der Waals surface area (Å²) in [5, 5.41) is 0. The van der Waals surface area contributed by atoms with Gasteiger partial charge in [-0.2, -0.15) is 0 Å². The van der Waals surface area contributed by atoms with Gasteiger partial charge >= 0.3 is 0 Å². The van der Waals surface area contributed by atoms with Crippen LogP contribution in [0.3, 0.4) is 0 Å². The van der Waals surface area contributed by atoms with Crippen molar-refractivity contribution in [2.45, 2.75) is 13.0 Å². The maximum Gasteiger partial charge on any atom is 0.161 e. The Morgan fingerprint density at radius 1 is 0.778 bits per heavy atom. The number of aromatic nitrogens is 2. The third-order valence-electron chi connectivity index (χ3n) is 5.51. The van der Waals surface area contributed by atoms with Crippen molar-refractivity contribution in [3.8, 4) is 11.5 Å². The number of likely N-dealkylation sites (N-methyl/N-ethyl adjacent to an activating group) is 1. The number of methoxy groups -OCH3 is 2. The van der Waals surface area contributed by atoms with Gasteiger partial charge in [0.25, 0.3) is 0 Å². The van der Waals surface area contributed by atoms with Gasteiger partial charge in [0.05, 0.1) is 14.2 Å². The summed E-state index contributed by atoms with van der Waals surface area (Å²) in [6, 6.07) is 6.31. The van der Waals surface area contributed by atoms with Gasteiger partial charge < -0.3 is 24.2 Å². The average Bonchev–Trinajstić information content (AvgIpc) is 2.73. The van der Waals surface area contributed by atoms with Crippen LogP contribution in [0.15, 0.2) is 24.5 Å². The lowest BCUT2D eigenvalue weighted by atomic mass is 9.99. The maximum absolute atomic E-state index is 5.47.